The number of halogens is 1. The summed E-state index contributed by atoms with van der Waals surface area (Å²) in [5.74, 6) is 0.367. The molecule has 2 N–H and O–H groups in total. The second kappa shape index (κ2) is 11.5. The topological polar surface area (TPSA) is 125 Å². The van der Waals surface area contributed by atoms with Gasteiger partial charge in [0.25, 0.3) is 5.22 Å². The fourth-order valence-electron chi connectivity index (χ4n) is 4.35. The number of hydrogen-bond donors (Lipinski definition) is 2. The number of pyridine rings is 1. The maximum atomic E-state index is 13.1. The number of carbonyl (C=O) groups excluding carboxylic acids is 1. The van der Waals surface area contributed by atoms with Crippen molar-refractivity contribution in [3.05, 3.63) is 72.3 Å². The van der Waals surface area contributed by atoms with Crippen molar-refractivity contribution < 1.29 is 9.21 Å². The molecule has 11 nitrogen and oxygen atoms in total. The molecule has 6 rings (SSSR count). The van der Waals surface area contributed by atoms with Crippen LogP contribution in [0.4, 0.5) is 21.9 Å². The molecule has 5 aromatic rings. The van der Waals surface area contributed by atoms with Gasteiger partial charge < -0.3 is 24.9 Å². The Balaban J connectivity index is 1.33. The number of nitrogens with zero attached hydrogens (tertiary/aromatic N) is 7. The van der Waals surface area contributed by atoms with Crippen molar-refractivity contribution in [2.45, 2.75) is 10.2 Å². The van der Waals surface area contributed by atoms with E-state index in [0.29, 0.717) is 32.5 Å². The van der Waals surface area contributed by atoms with Crippen molar-refractivity contribution >= 4 is 57.4 Å². The van der Waals surface area contributed by atoms with Crippen LogP contribution in [0.25, 0.3) is 22.4 Å². The number of rotatable bonds is 6. The number of likely N-dealkylation sites (N-methyl/N-ethyl adjacent to an activating group) is 1. The molecular formula is C27H24ClN9O2S. The van der Waals surface area contributed by atoms with Crippen LogP contribution in [0.3, 0.4) is 0 Å². The van der Waals surface area contributed by atoms with Crippen molar-refractivity contribution in [3.63, 3.8) is 0 Å². The fourth-order valence-corrected chi connectivity index (χ4v) is 5.28. The predicted molar refractivity (Wildman–Crippen MR) is 155 cm³/mol. The van der Waals surface area contributed by atoms with E-state index in [1.165, 1.54) is 18.1 Å². The van der Waals surface area contributed by atoms with Gasteiger partial charge in [-0.3, -0.25) is 4.98 Å². The highest BCUT2D eigenvalue weighted by Crippen LogP contribution is 2.37. The molecule has 0 radical (unpaired) electrons. The number of nitrogens with one attached hydrogen (secondary N) is 2. The lowest BCUT2D eigenvalue weighted by Crippen LogP contribution is -2.44. The van der Waals surface area contributed by atoms with E-state index in [2.05, 4.69) is 52.6 Å². The number of benzene rings is 2. The average molecular weight is 574 g/mol. The van der Waals surface area contributed by atoms with Crippen LogP contribution in [-0.4, -0.2) is 69.3 Å². The van der Waals surface area contributed by atoms with E-state index >= 15 is 0 Å². The minimum Gasteiger partial charge on any atom is -0.411 e. The quantitative estimate of drug-likeness (QED) is 0.259. The minimum atomic E-state index is -0.388. The van der Waals surface area contributed by atoms with Gasteiger partial charge in [-0.15, -0.1) is 10.2 Å². The molecule has 1 fully saturated rings. The summed E-state index contributed by atoms with van der Waals surface area (Å²) in [6, 6.07) is 14.1. The van der Waals surface area contributed by atoms with Gasteiger partial charge in [-0.1, -0.05) is 17.7 Å². The summed E-state index contributed by atoms with van der Waals surface area (Å²) >= 11 is 7.32. The van der Waals surface area contributed by atoms with Crippen LogP contribution in [0.5, 0.6) is 0 Å². The van der Waals surface area contributed by atoms with Gasteiger partial charge in [0.05, 0.1) is 22.5 Å². The Hall–Kier alpha value is -4.26. The van der Waals surface area contributed by atoms with Crippen molar-refractivity contribution in [2.75, 3.05) is 48.8 Å². The monoisotopic (exact) mass is 573 g/mol. The molecule has 2 amide bonds. The molecule has 1 aliphatic heterocycles. The van der Waals surface area contributed by atoms with Crippen molar-refractivity contribution in [1.29, 1.82) is 0 Å². The van der Waals surface area contributed by atoms with Crippen LogP contribution < -0.4 is 15.5 Å². The van der Waals surface area contributed by atoms with Crippen molar-refractivity contribution in [2.24, 2.45) is 0 Å². The molecule has 4 heterocycles. The number of piperazine rings is 1. The van der Waals surface area contributed by atoms with Gasteiger partial charge in [0.2, 0.25) is 5.89 Å². The molecular weight excluding hydrogens is 550 g/mol. The summed E-state index contributed by atoms with van der Waals surface area (Å²) in [5.41, 5.74) is 3.57. The number of hydrogen-bond acceptors (Lipinski definition) is 10. The lowest BCUT2D eigenvalue weighted by atomic mass is 10.1. The standard InChI is InChI=1S/C27H24ClN9O2S/c1-36-8-10-37(11-9-36)23-14-21-20(13-22(23)33-26(38)32-19-6-2-5-18(28)12-19)25(31-16-30-21)40-27-35-34-24(39-27)17-4-3-7-29-15-17/h2-7,12-16H,8-11H2,1H3,(H2,32,33,38). The molecule has 0 spiro atoms. The Kier molecular flexibility index (Phi) is 7.45. The first-order chi connectivity index (χ1) is 19.5. The normalized spacial score (nSPS) is 13.9. The molecule has 0 aliphatic carbocycles. The Morgan fingerprint density at radius 3 is 2.70 bits per heavy atom. The Morgan fingerprint density at radius 1 is 1.02 bits per heavy atom. The third-order valence-corrected chi connectivity index (χ3v) is 7.48. The van der Waals surface area contributed by atoms with E-state index in [0.717, 1.165) is 48.3 Å². The largest absolute Gasteiger partial charge is 0.411 e. The van der Waals surface area contributed by atoms with Gasteiger partial charge in [0.15, 0.2) is 0 Å². The lowest BCUT2D eigenvalue weighted by Gasteiger charge is -2.35. The van der Waals surface area contributed by atoms with E-state index in [1.54, 1.807) is 42.7 Å². The highest BCUT2D eigenvalue weighted by molar-refractivity contribution is 7.99. The first-order valence-electron chi connectivity index (χ1n) is 12.5. The van der Waals surface area contributed by atoms with Crippen molar-refractivity contribution in [1.82, 2.24) is 30.0 Å². The van der Waals surface area contributed by atoms with Crippen LogP contribution >= 0.6 is 23.4 Å². The van der Waals surface area contributed by atoms with Crippen LogP contribution in [0.2, 0.25) is 5.02 Å². The van der Waals surface area contributed by atoms with E-state index < -0.39 is 0 Å². The van der Waals surface area contributed by atoms with Gasteiger partial charge in [-0.05, 0) is 61.3 Å². The number of amides is 2. The van der Waals surface area contributed by atoms with Crippen LogP contribution in [0.15, 0.2) is 81.9 Å². The van der Waals surface area contributed by atoms with E-state index in [-0.39, 0.29) is 6.03 Å². The molecule has 3 aromatic heterocycles. The van der Waals surface area contributed by atoms with Gasteiger partial charge >= 0.3 is 6.03 Å². The highest BCUT2D eigenvalue weighted by atomic mass is 35.5. The van der Waals surface area contributed by atoms with Gasteiger partial charge in [0.1, 0.15) is 11.4 Å². The molecule has 202 valence electrons. The van der Waals surface area contributed by atoms with Crippen LogP contribution in [0, 0.1) is 0 Å². The Bertz CT molecular complexity index is 1660. The van der Waals surface area contributed by atoms with Crippen molar-refractivity contribution in [3.8, 4) is 11.5 Å². The number of aromatic nitrogens is 5. The maximum Gasteiger partial charge on any atom is 0.323 e. The molecule has 0 atom stereocenters. The second-order valence-corrected chi connectivity index (χ2v) is 10.5. The SMILES string of the molecule is CN1CCN(c2cc3ncnc(Sc4nnc(-c5cccnc5)o4)c3cc2NC(=O)Nc2cccc(Cl)c2)CC1. The number of urea groups is 1. The van der Waals surface area contributed by atoms with Gasteiger partial charge in [-0.25, -0.2) is 14.8 Å². The summed E-state index contributed by atoms with van der Waals surface area (Å²) in [5, 5.41) is 16.4. The molecule has 1 aliphatic rings. The van der Waals surface area contributed by atoms with Gasteiger partial charge in [-0.2, -0.15) is 0 Å². The number of anilines is 3. The molecule has 0 saturated carbocycles. The summed E-state index contributed by atoms with van der Waals surface area (Å²) < 4.78 is 5.86. The first-order valence-corrected chi connectivity index (χ1v) is 13.7. The number of carbonyl (C=O) groups is 1. The summed E-state index contributed by atoms with van der Waals surface area (Å²) in [6.45, 7) is 3.46. The third kappa shape index (κ3) is 5.83. The Labute approximate surface area is 239 Å². The molecule has 0 unspecified atom stereocenters. The van der Waals surface area contributed by atoms with E-state index in [4.69, 9.17) is 16.0 Å². The summed E-state index contributed by atoms with van der Waals surface area (Å²) in [4.78, 5) is 30.7. The van der Waals surface area contributed by atoms with Crippen LogP contribution in [0.1, 0.15) is 0 Å². The molecule has 1 saturated heterocycles. The highest BCUT2D eigenvalue weighted by Gasteiger charge is 2.21. The van der Waals surface area contributed by atoms with Crippen LogP contribution in [-0.2, 0) is 0 Å². The molecule has 2 aromatic carbocycles. The zero-order chi connectivity index (χ0) is 27.5. The summed E-state index contributed by atoms with van der Waals surface area (Å²) in [6.07, 6.45) is 4.85. The average Bonchev–Trinajstić information content (AvgIpc) is 3.43. The van der Waals surface area contributed by atoms with E-state index in [9.17, 15) is 4.79 Å². The van der Waals surface area contributed by atoms with E-state index in [1.807, 2.05) is 18.2 Å². The molecule has 40 heavy (non-hydrogen) atoms. The smallest absolute Gasteiger partial charge is 0.323 e. The minimum absolute atomic E-state index is 0.329. The third-order valence-electron chi connectivity index (χ3n) is 6.39. The second-order valence-electron chi connectivity index (χ2n) is 9.16. The fraction of sp³-hybridized carbons (Fsp3) is 0.185. The Morgan fingerprint density at radius 2 is 1.90 bits per heavy atom. The predicted octanol–water partition coefficient (Wildman–Crippen LogP) is 5.28. The lowest BCUT2D eigenvalue weighted by molar-refractivity contribution is 0.262. The molecule has 0 bridgehead atoms. The summed E-state index contributed by atoms with van der Waals surface area (Å²) in [7, 11) is 2.10. The maximum absolute atomic E-state index is 13.1. The first kappa shape index (κ1) is 26.0. The molecule has 13 heteroatoms. The zero-order valence-electron chi connectivity index (χ0n) is 21.4. The van der Waals surface area contributed by atoms with Gasteiger partial charge in [0, 0.05) is 54.7 Å². The zero-order valence-corrected chi connectivity index (χ0v) is 23.0. The number of fused-ring (bicyclic) bond motifs is 1.